The van der Waals surface area contributed by atoms with Crippen molar-refractivity contribution in [1.82, 2.24) is 11.5 Å². The predicted molar refractivity (Wildman–Crippen MR) is 26.7 cm³/mol. The normalized spacial score (nSPS) is 6.50. The maximum atomic E-state index is 9.54. The summed E-state index contributed by atoms with van der Waals surface area (Å²) in [5.41, 5.74) is 0. The van der Waals surface area contributed by atoms with Gasteiger partial charge in [-0.3, -0.25) is 9.59 Å². The zero-order valence-corrected chi connectivity index (χ0v) is 4.26. The number of carbonyl (C=O) groups excluding carboxylic acids is 1. The van der Waals surface area contributed by atoms with Crippen LogP contribution in [0.5, 0.6) is 0 Å². The first-order chi connectivity index (χ1) is 3.27. The Morgan fingerprint density at radius 3 is 2.38 bits per heavy atom. The van der Waals surface area contributed by atoms with Crippen molar-refractivity contribution >= 4 is 12.4 Å². The zero-order valence-electron chi connectivity index (χ0n) is 4.26. The maximum Gasteiger partial charge on any atom is 0.322 e. The van der Waals surface area contributed by atoms with E-state index in [0.717, 1.165) is 0 Å². The molecular formula is C3H8N2O3. The lowest BCUT2D eigenvalue weighted by atomic mass is 10.7. The lowest BCUT2D eigenvalue weighted by molar-refractivity contribution is -0.136. The van der Waals surface area contributed by atoms with E-state index in [1.165, 1.54) is 0 Å². The van der Waals surface area contributed by atoms with Crippen LogP contribution in [-0.4, -0.2) is 24.0 Å². The van der Waals surface area contributed by atoms with Gasteiger partial charge in [-0.1, -0.05) is 0 Å². The maximum absolute atomic E-state index is 9.54. The number of carboxylic acid groups (broad SMARTS) is 1. The van der Waals surface area contributed by atoms with E-state index in [1.807, 2.05) is 5.32 Å². The smallest absolute Gasteiger partial charge is 0.322 e. The van der Waals surface area contributed by atoms with Crippen LogP contribution in [0.2, 0.25) is 0 Å². The molecule has 0 saturated carbocycles. The monoisotopic (exact) mass is 120 g/mol. The molecule has 0 aliphatic carbocycles. The third-order valence-electron chi connectivity index (χ3n) is 0.337. The second-order valence-corrected chi connectivity index (χ2v) is 0.892. The number of amides is 1. The minimum Gasteiger partial charge on any atom is -0.480 e. The summed E-state index contributed by atoms with van der Waals surface area (Å²) in [6, 6.07) is 0. The van der Waals surface area contributed by atoms with Crippen molar-refractivity contribution in [2.45, 2.75) is 0 Å². The zero-order chi connectivity index (χ0) is 5.70. The molecule has 0 rings (SSSR count). The molecule has 1 amide bonds. The van der Waals surface area contributed by atoms with Gasteiger partial charge in [0.2, 0.25) is 6.41 Å². The minimum atomic E-state index is -1.04. The average Bonchev–Trinajstić information content (AvgIpc) is 1.61. The van der Waals surface area contributed by atoms with Crippen molar-refractivity contribution in [3.63, 3.8) is 0 Å². The quantitative estimate of drug-likeness (QED) is 0.415. The van der Waals surface area contributed by atoms with Crippen LogP contribution in [0.3, 0.4) is 0 Å². The van der Waals surface area contributed by atoms with Crippen LogP contribution in [0.15, 0.2) is 0 Å². The number of carboxylic acids is 1. The lowest BCUT2D eigenvalue weighted by Crippen LogP contribution is -2.20. The fourth-order valence-electron chi connectivity index (χ4n) is 0.129. The Morgan fingerprint density at radius 2 is 2.25 bits per heavy atom. The summed E-state index contributed by atoms with van der Waals surface area (Å²) in [7, 11) is 0. The Bertz CT molecular complexity index is 82.6. The summed E-state index contributed by atoms with van der Waals surface area (Å²) in [5.74, 6) is -1.04. The number of aliphatic carboxylic acids is 1. The molecule has 0 aromatic heterocycles. The van der Waals surface area contributed by atoms with E-state index in [9.17, 15) is 9.59 Å². The van der Waals surface area contributed by atoms with Crippen LogP contribution in [0.25, 0.3) is 0 Å². The van der Waals surface area contributed by atoms with Crippen molar-refractivity contribution < 1.29 is 14.7 Å². The van der Waals surface area contributed by atoms with Crippen LogP contribution >= 0.6 is 0 Å². The number of hydrogen-bond acceptors (Lipinski definition) is 3. The van der Waals surface area contributed by atoms with Crippen LogP contribution < -0.4 is 11.5 Å². The minimum absolute atomic E-state index is 0. The van der Waals surface area contributed by atoms with E-state index in [1.54, 1.807) is 0 Å². The van der Waals surface area contributed by atoms with E-state index in [0.29, 0.717) is 6.41 Å². The van der Waals surface area contributed by atoms with Gasteiger partial charge >= 0.3 is 5.97 Å². The Hall–Kier alpha value is -1.10. The third-order valence-corrected chi connectivity index (χ3v) is 0.337. The highest BCUT2D eigenvalue weighted by Crippen LogP contribution is 1.51. The number of rotatable bonds is 3. The number of hydrogen-bond donors (Lipinski definition) is 3. The molecule has 0 saturated heterocycles. The van der Waals surface area contributed by atoms with Gasteiger partial charge in [-0.25, -0.2) is 0 Å². The molecule has 0 aliphatic heterocycles. The van der Waals surface area contributed by atoms with Gasteiger partial charge in [0.25, 0.3) is 0 Å². The van der Waals surface area contributed by atoms with E-state index < -0.39 is 5.97 Å². The summed E-state index contributed by atoms with van der Waals surface area (Å²) in [6.45, 7) is -0.302. The molecule has 0 aromatic carbocycles. The highest BCUT2D eigenvalue weighted by molar-refractivity contribution is 5.71. The van der Waals surface area contributed by atoms with Crippen molar-refractivity contribution in [3.05, 3.63) is 0 Å². The van der Waals surface area contributed by atoms with Crippen LogP contribution in [0.1, 0.15) is 0 Å². The average molecular weight is 120 g/mol. The summed E-state index contributed by atoms with van der Waals surface area (Å²) in [6.07, 6.45) is 0.341. The van der Waals surface area contributed by atoms with Gasteiger partial charge in [-0.2, -0.15) is 0 Å². The van der Waals surface area contributed by atoms with Gasteiger partial charge in [0.15, 0.2) is 0 Å². The summed E-state index contributed by atoms with van der Waals surface area (Å²) in [5, 5.41) is 9.79. The fraction of sp³-hybridized carbons (Fsp3) is 0.333. The summed E-state index contributed by atoms with van der Waals surface area (Å²) in [4.78, 5) is 18.9. The standard InChI is InChI=1S/C3H5NO3.H3N/c5-2-4-1-3(6)7;/h2H,1H2,(H,4,5)(H,6,7);1H3. The van der Waals surface area contributed by atoms with Crippen LogP contribution in [0, 0.1) is 0 Å². The first-order valence-corrected chi connectivity index (χ1v) is 1.66. The summed E-state index contributed by atoms with van der Waals surface area (Å²) < 4.78 is 0. The molecule has 48 valence electrons. The van der Waals surface area contributed by atoms with E-state index in [2.05, 4.69) is 0 Å². The molecule has 0 aromatic rings. The highest BCUT2D eigenvalue weighted by atomic mass is 16.4. The second-order valence-electron chi connectivity index (χ2n) is 0.892. The summed E-state index contributed by atoms with van der Waals surface area (Å²) >= 11 is 0. The van der Waals surface area contributed by atoms with Crippen LogP contribution in [0.4, 0.5) is 0 Å². The molecule has 0 atom stereocenters. The lowest BCUT2D eigenvalue weighted by Gasteiger charge is -1.85. The molecule has 0 spiro atoms. The predicted octanol–water partition coefficient (Wildman–Crippen LogP) is -1.02. The second kappa shape index (κ2) is 5.90. The molecule has 5 heteroatoms. The Labute approximate surface area is 46.3 Å². The van der Waals surface area contributed by atoms with Gasteiger partial charge in [0.05, 0.1) is 0 Å². The largest absolute Gasteiger partial charge is 0.480 e. The fourth-order valence-corrected chi connectivity index (χ4v) is 0.129. The number of nitrogens with one attached hydrogen (secondary N) is 1. The molecule has 0 fully saturated rings. The SMILES string of the molecule is N.O=CNCC(=O)O. The third kappa shape index (κ3) is 8.86. The van der Waals surface area contributed by atoms with Gasteiger partial charge in [0.1, 0.15) is 6.54 Å². The first kappa shape index (κ1) is 10.0. The molecule has 8 heavy (non-hydrogen) atoms. The highest BCUT2D eigenvalue weighted by Gasteiger charge is 1.88. The molecule has 0 unspecified atom stereocenters. The van der Waals surface area contributed by atoms with Gasteiger partial charge in [0, 0.05) is 0 Å². The van der Waals surface area contributed by atoms with E-state index >= 15 is 0 Å². The molecule has 0 heterocycles. The van der Waals surface area contributed by atoms with Crippen molar-refractivity contribution in [2.75, 3.05) is 6.54 Å². The Morgan fingerprint density at radius 1 is 1.75 bits per heavy atom. The van der Waals surface area contributed by atoms with E-state index in [4.69, 9.17) is 5.11 Å². The molecule has 0 aliphatic rings. The number of carbonyl (C=O) groups is 2. The molecule has 5 nitrogen and oxygen atoms in total. The van der Waals surface area contributed by atoms with Crippen molar-refractivity contribution in [1.29, 1.82) is 0 Å². The van der Waals surface area contributed by atoms with Gasteiger partial charge in [-0.05, 0) is 0 Å². The molecular weight excluding hydrogens is 112 g/mol. The molecule has 0 bridgehead atoms. The van der Waals surface area contributed by atoms with E-state index in [-0.39, 0.29) is 12.7 Å². The van der Waals surface area contributed by atoms with Gasteiger partial charge < -0.3 is 16.6 Å². The van der Waals surface area contributed by atoms with Crippen molar-refractivity contribution in [3.8, 4) is 0 Å². The van der Waals surface area contributed by atoms with Crippen LogP contribution in [-0.2, 0) is 9.59 Å². The van der Waals surface area contributed by atoms with Crippen molar-refractivity contribution in [2.24, 2.45) is 0 Å². The Kier molecular flexibility index (Phi) is 7.38. The first-order valence-electron chi connectivity index (χ1n) is 1.66. The topological polar surface area (TPSA) is 101 Å². The van der Waals surface area contributed by atoms with Gasteiger partial charge in [-0.15, -0.1) is 0 Å². The Balaban J connectivity index is 0. The molecule has 0 radical (unpaired) electrons. The molecule has 5 N–H and O–H groups in total.